The summed E-state index contributed by atoms with van der Waals surface area (Å²) in [6.45, 7) is 0. The van der Waals surface area contributed by atoms with Crippen LogP contribution in [-0.4, -0.2) is 18.1 Å². The number of carbonyl (C=O) groups is 2. The Labute approximate surface area is 185 Å². The fourth-order valence-corrected chi connectivity index (χ4v) is 3.04. The summed E-state index contributed by atoms with van der Waals surface area (Å²) < 4.78 is 6.21. The van der Waals surface area contributed by atoms with Crippen LogP contribution in [0.5, 0.6) is 5.75 Å². The summed E-state index contributed by atoms with van der Waals surface area (Å²) in [7, 11) is 0. The molecule has 1 amide bonds. The van der Waals surface area contributed by atoms with Gasteiger partial charge in [-0.15, -0.1) is 0 Å². The monoisotopic (exact) mass is 490 g/mol. The number of esters is 1. The third-order valence-electron chi connectivity index (χ3n) is 3.74. The van der Waals surface area contributed by atoms with Crippen LogP contribution in [-0.2, 0) is 0 Å². The lowest BCUT2D eigenvalue weighted by atomic mass is 10.2. The molecule has 0 radical (unpaired) electrons. The number of hydrogen-bond acceptors (Lipinski definition) is 4. The summed E-state index contributed by atoms with van der Waals surface area (Å²) in [6, 6.07) is 18.0. The van der Waals surface area contributed by atoms with E-state index >= 15 is 0 Å². The SMILES string of the molecule is O=C(N/N=C/c1cc(Br)ccc1OC(=O)c1ccccc1Cl)c1ccc(Cl)cc1. The molecule has 0 heterocycles. The zero-order valence-corrected chi connectivity index (χ0v) is 17.8. The van der Waals surface area contributed by atoms with Crippen molar-refractivity contribution in [3.8, 4) is 5.75 Å². The van der Waals surface area contributed by atoms with Crippen LogP contribution in [0.2, 0.25) is 10.0 Å². The highest BCUT2D eigenvalue weighted by molar-refractivity contribution is 9.10. The van der Waals surface area contributed by atoms with Crippen LogP contribution in [0.4, 0.5) is 0 Å². The number of carbonyl (C=O) groups excluding carboxylic acids is 2. The van der Waals surface area contributed by atoms with Gasteiger partial charge in [0.2, 0.25) is 0 Å². The lowest BCUT2D eigenvalue weighted by Gasteiger charge is -2.09. The number of halogens is 3. The standard InChI is InChI=1S/C21H13BrCl2N2O3/c22-15-7-10-19(29-21(28)17-3-1-2-4-18(17)24)14(11-15)12-25-26-20(27)13-5-8-16(23)9-6-13/h1-12H,(H,26,27)/b25-12+. The fourth-order valence-electron chi connectivity index (χ4n) is 2.32. The van der Waals surface area contributed by atoms with Gasteiger partial charge < -0.3 is 4.74 Å². The van der Waals surface area contributed by atoms with Crippen molar-refractivity contribution in [2.45, 2.75) is 0 Å². The Morgan fingerprint density at radius 2 is 1.72 bits per heavy atom. The summed E-state index contributed by atoms with van der Waals surface area (Å²) in [5.74, 6) is -0.733. The molecule has 0 aromatic heterocycles. The first-order valence-electron chi connectivity index (χ1n) is 8.29. The Morgan fingerprint density at radius 1 is 1.00 bits per heavy atom. The van der Waals surface area contributed by atoms with Crippen molar-refractivity contribution in [2.24, 2.45) is 5.10 Å². The van der Waals surface area contributed by atoms with Crippen molar-refractivity contribution >= 4 is 57.2 Å². The van der Waals surface area contributed by atoms with E-state index in [4.69, 9.17) is 27.9 Å². The predicted molar refractivity (Wildman–Crippen MR) is 117 cm³/mol. The van der Waals surface area contributed by atoms with Crippen LogP contribution in [0.1, 0.15) is 26.3 Å². The van der Waals surface area contributed by atoms with Crippen molar-refractivity contribution in [3.63, 3.8) is 0 Å². The minimum atomic E-state index is -0.599. The summed E-state index contributed by atoms with van der Waals surface area (Å²) in [4.78, 5) is 24.5. The lowest BCUT2D eigenvalue weighted by molar-refractivity contribution is 0.0734. The summed E-state index contributed by atoms with van der Waals surface area (Å²) in [5, 5.41) is 4.77. The zero-order chi connectivity index (χ0) is 20.8. The minimum absolute atomic E-state index is 0.246. The second-order valence-electron chi connectivity index (χ2n) is 5.76. The lowest BCUT2D eigenvalue weighted by Crippen LogP contribution is -2.17. The smallest absolute Gasteiger partial charge is 0.345 e. The first-order valence-corrected chi connectivity index (χ1v) is 9.84. The highest BCUT2D eigenvalue weighted by Gasteiger charge is 2.14. The van der Waals surface area contributed by atoms with Crippen molar-refractivity contribution in [1.82, 2.24) is 5.43 Å². The van der Waals surface area contributed by atoms with E-state index in [-0.39, 0.29) is 11.3 Å². The molecule has 0 fully saturated rings. The molecule has 0 aliphatic carbocycles. The third kappa shape index (κ3) is 5.67. The van der Waals surface area contributed by atoms with Gasteiger partial charge in [-0.2, -0.15) is 5.10 Å². The molecule has 0 atom stereocenters. The highest BCUT2D eigenvalue weighted by Crippen LogP contribution is 2.24. The van der Waals surface area contributed by atoms with Crippen molar-refractivity contribution in [2.75, 3.05) is 0 Å². The Morgan fingerprint density at radius 3 is 2.45 bits per heavy atom. The van der Waals surface area contributed by atoms with Crippen LogP contribution in [0.25, 0.3) is 0 Å². The Hall–Kier alpha value is -2.67. The van der Waals surface area contributed by atoms with E-state index in [1.165, 1.54) is 6.21 Å². The molecule has 0 aliphatic rings. The second kappa shape index (κ2) is 9.69. The quantitative estimate of drug-likeness (QED) is 0.214. The number of amides is 1. The van der Waals surface area contributed by atoms with E-state index in [1.54, 1.807) is 66.7 Å². The molecule has 3 aromatic rings. The molecule has 146 valence electrons. The molecule has 1 N–H and O–H groups in total. The molecule has 8 heteroatoms. The first-order chi connectivity index (χ1) is 13.9. The maximum Gasteiger partial charge on any atom is 0.345 e. The van der Waals surface area contributed by atoms with Gasteiger partial charge in [-0.05, 0) is 54.6 Å². The second-order valence-corrected chi connectivity index (χ2v) is 7.52. The number of hydrazone groups is 1. The van der Waals surface area contributed by atoms with Gasteiger partial charge in [0, 0.05) is 20.6 Å². The van der Waals surface area contributed by atoms with Crippen LogP contribution in [0.3, 0.4) is 0 Å². The molecular weight excluding hydrogens is 479 g/mol. The zero-order valence-electron chi connectivity index (χ0n) is 14.7. The average molecular weight is 492 g/mol. The molecule has 0 spiro atoms. The predicted octanol–water partition coefficient (Wildman–Crippen LogP) is 5.74. The van der Waals surface area contributed by atoms with Gasteiger partial charge >= 0.3 is 5.97 Å². The van der Waals surface area contributed by atoms with Gasteiger partial charge in [-0.1, -0.05) is 51.3 Å². The average Bonchev–Trinajstić information content (AvgIpc) is 2.70. The largest absolute Gasteiger partial charge is 0.422 e. The summed E-state index contributed by atoms with van der Waals surface area (Å²) in [5.41, 5.74) is 3.56. The van der Waals surface area contributed by atoms with Crippen LogP contribution in [0.15, 0.2) is 76.3 Å². The third-order valence-corrected chi connectivity index (χ3v) is 4.82. The number of hydrogen-bond donors (Lipinski definition) is 1. The van der Waals surface area contributed by atoms with Gasteiger partial charge in [-0.25, -0.2) is 10.2 Å². The molecule has 0 saturated heterocycles. The van der Waals surface area contributed by atoms with Gasteiger partial charge in [0.25, 0.3) is 5.91 Å². The van der Waals surface area contributed by atoms with E-state index in [2.05, 4.69) is 26.5 Å². The van der Waals surface area contributed by atoms with Crippen molar-refractivity contribution in [1.29, 1.82) is 0 Å². The number of benzene rings is 3. The molecule has 5 nitrogen and oxygen atoms in total. The number of nitrogens with one attached hydrogen (secondary N) is 1. The minimum Gasteiger partial charge on any atom is -0.422 e. The summed E-state index contributed by atoms with van der Waals surface area (Å²) >= 11 is 15.2. The van der Waals surface area contributed by atoms with E-state index in [0.717, 1.165) is 4.47 Å². The number of ether oxygens (including phenoxy) is 1. The van der Waals surface area contributed by atoms with E-state index < -0.39 is 11.9 Å². The molecule has 0 bridgehead atoms. The number of rotatable bonds is 5. The molecule has 3 aromatic carbocycles. The van der Waals surface area contributed by atoms with Crippen LogP contribution < -0.4 is 10.2 Å². The summed E-state index contributed by atoms with van der Waals surface area (Å²) in [6.07, 6.45) is 1.38. The van der Waals surface area contributed by atoms with E-state index in [0.29, 0.717) is 21.2 Å². The van der Waals surface area contributed by atoms with Gasteiger partial charge in [0.05, 0.1) is 16.8 Å². The van der Waals surface area contributed by atoms with Crippen LogP contribution >= 0.6 is 39.1 Å². The molecule has 0 aliphatic heterocycles. The van der Waals surface area contributed by atoms with Gasteiger partial charge in [0.15, 0.2) is 0 Å². The maximum absolute atomic E-state index is 12.4. The van der Waals surface area contributed by atoms with E-state index in [1.807, 2.05) is 0 Å². The fraction of sp³-hybridized carbons (Fsp3) is 0. The Kier molecular flexibility index (Phi) is 7.04. The molecule has 3 rings (SSSR count). The van der Waals surface area contributed by atoms with E-state index in [9.17, 15) is 9.59 Å². The topological polar surface area (TPSA) is 67.8 Å². The Balaban J connectivity index is 1.75. The highest BCUT2D eigenvalue weighted by atomic mass is 79.9. The van der Waals surface area contributed by atoms with Gasteiger partial charge in [0.1, 0.15) is 5.75 Å². The molecular formula is C21H13BrCl2N2O3. The molecule has 0 unspecified atom stereocenters. The molecule has 0 saturated carbocycles. The maximum atomic E-state index is 12.4. The number of nitrogens with zero attached hydrogens (tertiary/aromatic N) is 1. The Bertz CT molecular complexity index is 1090. The normalized spacial score (nSPS) is 10.7. The van der Waals surface area contributed by atoms with Crippen molar-refractivity contribution in [3.05, 3.63) is 97.9 Å². The van der Waals surface area contributed by atoms with Crippen molar-refractivity contribution < 1.29 is 14.3 Å². The van der Waals surface area contributed by atoms with Gasteiger partial charge in [-0.3, -0.25) is 4.79 Å². The first kappa shape index (κ1) is 21.0. The van der Waals surface area contributed by atoms with Crippen LogP contribution in [0, 0.1) is 0 Å². The molecule has 29 heavy (non-hydrogen) atoms.